The molecule has 1 saturated carbocycles. The highest BCUT2D eigenvalue weighted by Crippen LogP contribution is 2.20. The van der Waals surface area contributed by atoms with Crippen molar-refractivity contribution in [1.29, 1.82) is 0 Å². The van der Waals surface area contributed by atoms with E-state index < -0.39 is 0 Å². The fourth-order valence-corrected chi connectivity index (χ4v) is 3.00. The Hall–Kier alpha value is -1.46. The molecular formula is C14H17N3OS. The molecule has 1 N–H and O–H groups in total. The molecule has 0 bridgehead atoms. The fraction of sp³-hybridized carbons (Fsp3) is 0.429. The standard InChI is InChI=1S/C14H17N3OS/c1-9(5-15-11-3-4-11)6-17-8-16-12-10(2)7-19-13(12)14(17)18/h7-8,11,15H,1,3-6H2,2H3. The van der Waals surface area contributed by atoms with Crippen molar-refractivity contribution >= 4 is 21.6 Å². The summed E-state index contributed by atoms with van der Waals surface area (Å²) in [6, 6.07) is 0.661. The number of hydrogen-bond donors (Lipinski definition) is 1. The van der Waals surface area contributed by atoms with Crippen molar-refractivity contribution in [3.63, 3.8) is 0 Å². The second kappa shape index (κ2) is 4.90. The molecule has 0 saturated heterocycles. The molecule has 2 aromatic heterocycles. The molecule has 0 spiro atoms. The number of nitrogens with one attached hydrogen (secondary N) is 1. The van der Waals surface area contributed by atoms with Crippen LogP contribution in [0.4, 0.5) is 0 Å². The fourth-order valence-electron chi connectivity index (χ4n) is 2.05. The van der Waals surface area contributed by atoms with E-state index in [0.29, 0.717) is 12.6 Å². The Bertz CT molecular complexity index is 682. The lowest BCUT2D eigenvalue weighted by Crippen LogP contribution is -2.25. The van der Waals surface area contributed by atoms with Gasteiger partial charge in [0, 0.05) is 19.1 Å². The van der Waals surface area contributed by atoms with Crippen LogP contribution in [0, 0.1) is 6.92 Å². The molecule has 0 unspecified atom stereocenters. The Morgan fingerprint density at radius 3 is 3.16 bits per heavy atom. The molecule has 1 fully saturated rings. The second-order valence-electron chi connectivity index (χ2n) is 5.18. The minimum Gasteiger partial charge on any atom is -0.310 e. The van der Waals surface area contributed by atoms with Gasteiger partial charge in [-0.1, -0.05) is 6.58 Å². The first-order valence-corrected chi connectivity index (χ1v) is 7.36. The predicted octanol–water partition coefficient (Wildman–Crippen LogP) is 2.07. The topological polar surface area (TPSA) is 46.9 Å². The summed E-state index contributed by atoms with van der Waals surface area (Å²) in [7, 11) is 0. The summed E-state index contributed by atoms with van der Waals surface area (Å²) in [6.45, 7) is 7.33. The largest absolute Gasteiger partial charge is 0.310 e. The number of aryl methyl sites for hydroxylation is 1. The minimum atomic E-state index is 0.0377. The zero-order valence-corrected chi connectivity index (χ0v) is 11.8. The molecule has 2 heterocycles. The Kier molecular flexibility index (Phi) is 3.24. The van der Waals surface area contributed by atoms with Crippen molar-refractivity contribution in [3.05, 3.63) is 39.8 Å². The maximum atomic E-state index is 12.3. The van der Waals surface area contributed by atoms with Gasteiger partial charge in [-0.2, -0.15) is 0 Å². The summed E-state index contributed by atoms with van der Waals surface area (Å²) in [5, 5.41) is 5.38. The molecular weight excluding hydrogens is 258 g/mol. The first-order valence-electron chi connectivity index (χ1n) is 6.48. The van der Waals surface area contributed by atoms with Crippen LogP contribution in [0.15, 0.2) is 28.7 Å². The van der Waals surface area contributed by atoms with Gasteiger partial charge in [0.25, 0.3) is 5.56 Å². The van der Waals surface area contributed by atoms with Crippen LogP contribution in [0.2, 0.25) is 0 Å². The van der Waals surface area contributed by atoms with Gasteiger partial charge in [0.1, 0.15) is 4.70 Å². The quantitative estimate of drug-likeness (QED) is 0.850. The molecule has 2 aromatic rings. The van der Waals surface area contributed by atoms with Crippen molar-refractivity contribution in [3.8, 4) is 0 Å². The molecule has 3 rings (SSSR count). The number of hydrogen-bond acceptors (Lipinski definition) is 4. The van der Waals surface area contributed by atoms with E-state index in [1.54, 1.807) is 10.9 Å². The predicted molar refractivity (Wildman–Crippen MR) is 78.8 cm³/mol. The van der Waals surface area contributed by atoms with E-state index in [1.165, 1.54) is 24.2 Å². The van der Waals surface area contributed by atoms with Gasteiger partial charge in [0.2, 0.25) is 0 Å². The van der Waals surface area contributed by atoms with Gasteiger partial charge in [-0.05, 0) is 36.3 Å². The van der Waals surface area contributed by atoms with E-state index in [2.05, 4.69) is 16.9 Å². The third-order valence-electron chi connectivity index (χ3n) is 3.34. The third kappa shape index (κ3) is 2.62. The van der Waals surface area contributed by atoms with E-state index in [4.69, 9.17) is 0 Å². The molecule has 0 amide bonds. The normalized spacial score (nSPS) is 15.0. The molecule has 5 heteroatoms. The first-order chi connectivity index (χ1) is 9.15. The van der Waals surface area contributed by atoms with Crippen LogP contribution in [-0.4, -0.2) is 22.1 Å². The number of thiophene rings is 1. The van der Waals surface area contributed by atoms with Gasteiger partial charge in [-0.25, -0.2) is 4.98 Å². The van der Waals surface area contributed by atoms with Crippen LogP contribution in [0.3, 0.4) is 0 Å². The summed E-state index contributed by atoms with van der Waals surface area (Å²) in [5.41, 5.74) is 2.95. The summed E-state index contributed by atoms with van der Waals surface area (Å²) in [4.78, 5) is 16.7. The lowest BCUT2D eigenvalue weighted by atomic mass is 10.3. The maximum Gasteiger partial charge on any atom is 0.271 e. The summed E-state index contributed by atoms with van der Waals surface area (Å²) >= 11 is 1.47. The molecule has 0 aliphatic heterocycles. The summed E-state index contributed by atoms with van der Waals surface area (Å²) in [6.07, 6.45) is 4.15. The molecule has 1 aliphatic carbocycles. The van der Waals surface area contributed by atoms with Crippen molar-refractivity contribution in [2.75, 3.05) is 6.54 Å². The van der Waals surface area contributed by atoms with Gasteiger partial charge < -0.3 is 5.32 Å². The molecule has 19 heavy (non-hydrogen) atoms. The highest BCUT2D eigenvalue weighted by atomic mass is 32.1. The van der Waals surface area contributed by atoms with Crippen molar-refractivity contribution in [2.45, 2.75) is 32.4 Å². The van der Waals surface area contributed by atoms with Gasteiger partial charge in [-0.3, -0.25) is 9.36 Å². The van der Waals surface area contributed by atoms with Gasteiger partial charge >= 0.3 is 0 Å². The van der Waals surface area contributed by atoms with Crippen LogP contribution < -0.4 is 10.9 Å². The molecule has 4 nitrogen and oxygen atoms in total. The summed E-state index contributed by atoms with van der Waals surface area (Å²) < 4.78 is 2.39. The van der Waals surface area contributed by atoms with Crippen LogP contribution in [0.25, 0.3) is 10.2 Å². The SMILES string of the molecule is C=C(CNC1CC1)Cn1cnc2c(C)csc2c1=O. The molecule has 0 radical (unpaired) electrons. The van der Waals surface area contributed by atoms with E-state index >= 15 is 0 Å². The zero-order valence-electron chi connectivity index (χ0n) is 11.0. The lowest BCUT2D eigenvalue weighted by molar-refractivity contribution is 0.667. The highest BCUT2D eigenvalue weighted by molar-refractivity contribution is 7.17. The van der Waals surface area contributed by atoms with Gasteiger partial charge in [-0.15, -0.1) is 11.3 Å². The smallest absolute Gasteiger partial charge is 0.271 e. The van der Waals surface area contributed by atoms with Crippen LogP contribution >= 0.6 is 11.3 Å². The van der Waals surface area contributed by atoms with E-state index in [-0.39, 0.29) is 5.56 Å². The number of aromatic nitrogens is 2. The summed E-state index contributed by atoms with van der Waals surface area (Å²) in [5.74, 6) is 0. The van der Waals surface area contributed by atoms with Crippen LogP contribution in [-0.2, 0) is 6.54 Å². The van der Waals surface area contributed by atoms with Crippen molar-refractivity contribution in [1.82, 2.24) is 14.9 Å². The molecule has 100 valence electrons. The number of fused-ring (bicyclic) bond motifs is 1. The third-order valence-corrected chi connectivity index (χ3v) is 4.41. The Balaban J connectivity index is 1.78. The Labute approximate surface area is 115 Å². The first kappa shape index (κ1) is 12.6. The minimum absolute atomic E-state index is 0.0377. The zero-order chi connectivity index (χ0) is 13.4. The molecule has 1 aliphatic rings. The molecule has 0 atom stereocenters. The van der Waals surface area contributed by atoms with E-state index in [0.717, 1.165) is 27.9 Å². The van der Waals surface area contributed by atoms with Crippen LogP contribution in [0.5, 0.6) is 0 Å². The Morgan fingerprint density at radius 1 is 1.63 bits per heavy atom. The monoisotopic (exact) mass is 275 g/mol. The van der Waals surface area contributed by atoms with Crippen molar-refractivity contribution < 1.29 is 0 Å². The Morgan fingerprint density at radius 2 is 2.42 bits per heavy atom. The van der Waals surface area contributed by atoms with Gasteiger partial charge in [0.05, 0.1) is 11.8 Å². The number of nitrogens with zero attached hydrogens (tertiary/aromatic N) is 2. The van der Waals surface area contributed by atoms with E-state index in [9.17, 15) is 4.79 Å². The average molecular weight is 275 g/mol. The molecule has 0 aromatic carbocycles. The number of rotatable bonds is 5. The lowest BCUT2D eigenvalue weighted by Gasteiger charge is -2.09. The highest BCUT2D eigenvalue weighted by Gasteiger charge is 2.20. The maximum absolute atomic E-state index is 12.3. The van der Waals surface area contributed by atoms with Gasteiger partial charge in [0.15, 0.2) is 0 Å². The van der Waals surface area contributed by atoms with E-state index in [1.807, 2.05) is 12.3 Å². The van der Waals surface area contributed by atoms with Crippen molar-refractivity contribution in [2.24, 2.45) is 0 Å². The average Bonchev–Trinajstić information content (AvgIpc) is 3.14. The second-order valence-corrected chi connectivity index (χ2v) is 6.06. The van der Waals surface area contributed by atoms with Crippen LogP contribution in [0.1, 0.15) is 18.4 Å².